The lowest BCUT2D eigenvalue weighted by Gasteiger charge is -2.33. The van der Waals surface area contributed by atoms with Crippen molar-refractivity contribution in [3.05, 3.63) is 17.6 Å². The predicted molar refractivity (Wildman–Crippen MR) is 86.8 cm³/mol. The van der Waals surface area contributed by atoms with Gasteiger partial charge in [-0.15, -0.1) is 0 Å². The van der Waals surface area contributed by atoms with Gasteiger partial charge in [-0.05, 0) is 45.7 Å². The van der Waals surface area contributed by atoms with Crippen molar-refractivity contribution in [2.75, 3.05) is 31.1 Å². The number of piperidine rings is 1. The highest BCUT2D eigenvalue weighted by Crippen LogP contribution is 2.26. The van der Waals surface area contributed by atoms with E-state index in [0.717, 1.165) is 30.3 Å². The highest BCUT2D eigenvalue weighted by atomic mass is 15.3. The first-order valence-electron chi connectivity index (χ1n) is 8.60. The quantitative estimate of drug-likeness (QED) is 0.853. The van der Waals surface area contributed by atoms with Gasteiger partial charge in [0.15, 0.2) is 0 Å². The Morgan fingerprint density at radius 1 is 1.10 bits per heavy atom. The first-order chi connectivity index (χ1) is 10.3. The average molecular weight is 288 g/mol. The number of rotatable bonds is 4. The van der Waals surface area contributed by atoms with Crippen LogP contribution in [0.2, 0.25) is 0 Å². The highest BCUT2D eigenvalue weighted by molar-refractivity contribution is 5.42. The molecule has 1 aromatic heterocycles. The minimum Gasteiger partial charge on any atom is -0.352 e. The summed E-state index contributed by atoms with van der Waals surface area (Å²) in [4.78, 5) is 14.5. The summed E-state index contributed by atoms with van der Waals surface area (Å²) >= 11 is 0. The van der Waals surface area contributed by atoms with Gasteiger partial charge in [0.2, 0.25) is 0 Å². The lowest BCUT2D eigenvalue weighted by molar-refractivity contribution is 0.216. The topological polar surface area (TPSA) is 32.3 Å². The van der Waals surface area contributed by atoms with Crippen molar-refractivity contribution in [2.45, 2.75) is 58.4 Å². The van der Waals surface area contributed by atoms with Crippen LogP contribution in [-0.2, 0) is 6.42 Å². The Labute approximate surface area is 128 Å². The molecular weight excluding hydrogens is 260 g/mol. The molecule has 2 saturated heterocycles. The van der Waals surface area contributed by atoms with Gasteiger partial charge in [0.25, 0.3) is 0 Å². The van der Waals surface area contributed by atoms with E-state index in [4.69, 9.17) is 4.98 Å². The van der Waals surface area contributed by atoms with Crippen LogP contribution in [0.4, 0.5) is 5.82 Å². The van der Waals surface area contributed by atoms with E-state index < -0.39 is 0 Å². The number of likely N-dealkylation sites (tertiary alicyclic amines) is 1. The first-order valence-corrected chi connectivity index (χ1v) is 8.60. The van der Waals surface area contributed by atoms with Crippen molar-refractivity contribution >= 4 is 5.82 Å². The van der Waals surface area contributed by atoms with E-state index in [1.54, 1.807) is 0 Å². The van der Waals surface area contributed by atoms with E-state index in [-0.39, 0.29) is 0 Å². The molecule has 21 heavy (non-hydrogen) atoms. The van der Waals surface area contributed by atoms with Crippen LogP contribution in [-0.4, -0.2) is 47.1 Å². The minimum absolute atomic E-state index is 0.641. The third-order valence-electron chi connectivity index (χ3n) is 4.79. The zero-order valence-electron chi connectivity index (χ0n) is 13.5. The molecule has 0 saturated carbocycles. The fraction of sp³-hybridized carbons (Fsp3) is 0.765. The number of hydrogen-bond donors (Lipinski definition) is 0. The molecule has 2 aliphatic rings. The lowest BCUT2D eigenvalue weighted by Crippen LogP contribution is -2.42. The molecule has 0 amide bonds. The van der Waals surface area contributed by atoms with E-state index in [2.05, 4.69) is 34.7 Å². The maximum Gasteiger partial charge on any atom is 0.132 e. The monoisotopic (exact) mass is 288 g/mol. The normalized spacial score (nSPS) is 23.7. The zero-order chi connectivity index (χ0) is 14.7. The van der Waals surface area contributed by atoms with Crippen LogP contribution in [0.3, 0.4) is 0 Å². The molecule has 0 bridgehead atoms. The lowest BCUT2D eigenvalue weighted by atomic mass is 10.1. The highest BCUT2D eigenvalue weighted by Gasteiger charge is 2.28. The molecule has 3 heterocycles. The Hall–Kier alpha value is -1.16. The zero-order valence-corrected chi connectivity index (χ0v) is 13.5. The van der Waals surface area contributed by atoms with Crippen molar-refractivity contribution < 1.29 is 0 Å². The molecule has 4 nitrogen and oxygen atoms in total. The number of anilines is 1. The van der Waals surface area contributed by atoms with Gasteiger partial charge in [-0.3, -0.25) is 0 Å². The summed E-state index contributed by atoms with van der Waals surface area (Å²) in [6.45, 7) is 9.15. The van der Waals surface area contributed by atoms with Crippen molar-refractivity contribution in [1.29, 1.82) is 0 Å². The molecule has 0 spiro atoms. The van der Waals surface area contributed by atoms with E-state index in [1.165, 1.54) is 51.7 Å². The molecule has 1 unspecified atom stereocenters. The Bertz CT molecular complexity index is 468. The Balaban J connectivity index is 1.72. The van der Waals surface area contributed by atoms with Gasteiger partial charge < -0.3 is 9.80 Å². The van der Waals surface area contributed by atoms with E-state index in [0.29, 0.717) is 6.04 Å². The smallest absolute Gasteiger partial charge is 0.132 e. The van der Waals surface area contributed by atoms with Crippen molar-refractivity contribution in [3.63, 3.8) is 0 Å². The largest absolute Gasteiger partial charge is 0.352 e. The molecule has 4 heteroatoms. The third kappa shape index (κ3) is 3.54. The summed E-state index contributed by atoms with van der Waals surface area (Å²) in [6, 6.07) is 2.80. The van der Waals surface area contributed by atoms with Crippen LogP contribution in [0.15, 0.2) is 6.07 Å². The number of aromatic nitrogens is 2. The minimum atomic E-state index is 0.641. The van der Waals surface area contributed by atoms with Crippen LogP contribution in [0, 0.1) is 6.92 Å². The molecule has 2 fully saturated rings. The van der Waals surface area contributed by atoms with Crippen LogP contribution < -0.4 is 4.90 Å². The number of nitrogens with zero attached hydrogens (tertiary/aromatic N) is 4. The van der Waals surface area contributed by atoms with Crippen molar-refractivity contribution in [3.8, 4) is 0 Å². The van der Waals surface area contributed by atoms with Crippen LogP contribution in [0.5, 0.6) is 0 Å². The molecule has 3 rings (SSSR count). The summed E-state index contributed by atoms with van der Waals surface area (Å²) in [5.74, 6) is 2.13. The molecule has 1 atom stereocenters. The van der Waals surface area contributed by atoms with Crippen LogP contribution >= 0.6 is 0 Å². The molecule has 0 aliphatic carbocycles. The Morgan fingerprint density at radius 2 is 1.90 bits per heavy atom. The summed E-state index contributed by atoms with van der Waals surface area (Å²) in [6.07, 6.45) is 7.68. The SMILES string of the molecule is CCc1nc(C)cc(N2CCCC2CN2CCCCC2)n1. The molecule has 116 valence electrons. The number of aryl methyl sites for hydroxylation is 2. The van der Waals surface area contributed by atoms with E-state index in [1.807, 2.05) is 0 Å². The Morgan fingerprint density at radius 3 is 2.67 bits per heavy atom. The van der Waals surface area contributed by atoms with Gasteiger partial charge in [-0.25, -0.2) is 9.97 Å². The Kier molecular flexibility index (Phi) is 4.73. The molecule has 0 radical (unpaired) electrons. The summed E-state index contributed by atoms with van der Waals surface area (Å²) < 4.78 is 0. The molecular formula is C17H28N4. The van der Waals surface area contributed by atoms with Gasteiger partial charge in [-0.1, -0.05) is 13.3 Å². The maximum atomic E-state index is 4.77. The van der Waals surface area contributed by atoms with E-state index >= 15 is 0 Å². The number of hydrogen-bond acceptors (Lipinski definition) is 4. The maximum absolute atomic E-state index is 4.77. The van der Waals surface area contributed by atoms with Crippen molar-refractivity contribution in [2.24, 2.45) is 0 Å². The molecule has 1 aromatic rings. The second-order valence-corrected chi connectivity index (χ2v) is 6.49. The predicted octanol–water partition coefficient (Wildman–Crippen LogP) is 2.80. The molecule has 0 aromatic carbocycles. The molecule has 2 aliphatic heterocycles. The standard InChI is InChI=1S/C17H28N4/c1-3-16-18-14(2)12-17(19-16)21-11-7-8-15(21)13-20-9-5-4-6-10-20/h12,15H,3-11,13H2,1-2H3. The summed E-state index contributed by atoms with van der Waals surface area (Å²) in [7, 11) is 0. The van der Waals surface area contributed by atoms with Gasteiger partial charge in [0, 0.05) is 37.3 Å². The van der Waals surface area contributed by atoms with Gasteiger partial charge in [0.1, 0.15) is 11.6 Å². The second kappa shape index (κ2) is 6.73. The molecule has 0 N–H and O–H groups in total. The fourth-order valence-electron chi connectivity index (χ4n) is 3.68. The van der Waals surface area contributed by atoms with E-state index in [9.17, 15) is 0 Å². The van der Waals surface area contributed by atoms with Crippen LogP contribution in [0.25, 0.3) is 0 Å². The van der Waals surface area contributed by atoms with Crippen molar-refractivity contribution in [1.82, 2.24) is 14.9 Å². The first kappa shape index (κ1) is 14.8. The fourth-order valence-corrected chi connectivity index (χ4v) is 3.68. The van der Waals surface area contributed by atoms with Gasteiger partial charge in [0.05, 0.1) is 0 Å². The van der Waals surface area contributed by atoms with Gasteiger partial charge >= 0.3 is 0 Å². The summed E-state index contributed by atoms with van der Waals surface area (Å²) in [5.41, 5.74) is 1.10. The third-order valence-corrected chi connectivity index (χ3v) is 4.79. The van der Waals surface area contributed by atoms with Crippen LogP contribution in [0.1, 0.15) is 50.5 Å². The summed E-state index contributed by atoms with van der Waals surface area (Å²) in [5, 5.41) is 0. The average Bonchev–Trinajstić information content (AvgIpc) is 2.96. The second-order valence-electron chi connectivity index (χ2n) is 6.49. The van der Waals surface area contributed by atoms with Gasteiger partial charge in [-0.2, -0.15) is 0 Å².